The number of hydrogen-bond donors (Lipinski definition) is 0. The van der Waals surface area contributed by atoms with Crippen LogP contribution in [0.5, 0.6) is 0 Å². The van der Waals surface area contributed by atoms with E-state index in [4.69, 9.17) is 0 Å². The predicted molar refractivity (Wildman–Crippen MR) is 102 cm³/mol. The Hall–Kier alpha value is -2.81. The van der Waals surface area contributed by atoms with Gasteiger partial charge in [0.2, 0.25) is 0 Å². The predicted octanol–water partition coefficient (Wildman–Crippen LogP) is 4.74. The number of carbonyl (C=O) groups is 1. The molecule has 0 fully saturated rings. The molecular formula is C22H24N2O. The maximum Gasteiger partial charge on any atom is 0.254 e. The molecule has 2 aromatic carbocycles. The fourth-order valence-electron chi connectivity index (χ4n) is 3.00. The molecule has 3 nitrogen and oxygen atoms in total. The van der Waals surface area contributed by atoms with Gasteiger partial charge in [0.15, 0.2) is 0 Å². The summed E-state index contributed by atoms with van der Waals surface area (Å²) in [5, 5.41) is 0. The lowest BCUT2D eigenvalue weighted by Crippen LogP contribution is -2.32. The van der Waals surface area contributed by atoms with Crippen LogP contribution in [-0.4, -0.2) is 21.9 Å². The normalized spacial score (nSPS) is 10.6. The van der Waals surface area contributed by atoms with Gasteiger partial charge in [-0.15, -0.1) is 0 Å². The van der Waals surface area contributed by atoms with Crippen molar-refractivity contribution in [2.24, 2.45) is 7.05 Å². The van der Waals surface area contributed by atoms with Crippen molar-refractivity contribution in [3.8, 4) is 11.1 Å². The van der Waals surface area contributed by atoms with E-state index in [0.717, 1.165) is 35.3 Å². The largest absolute Gasteiger partial charge is 0.353 e. The fourth-order valence-corrected chi connectivity index (χ4v) is 3.00. The molecule has 0 radical (unpaired) electrons. The summed E-state index contributed by atoms with van der Waals surface area (Å²) in [7, 11) is 2.01. The van der Waals surface area contributed by atoms with Crippen LogP contribution in [0, 0.1) is 0 Å². The quantitative estimate of drug-likeness (QED) is 0.640. The summed E-state index contributed by atoms with van der Waals surface area (Å²) in [6, 6.07) is 22.2. The maximum absolute atomic E-state index is 12.9. The molecule has 0 unspecified atom stereocenters. The molecule has 1 aromatic heterocycles. The lowest BCUT2D eigenvalue weighted by Gasteiger charge is -2.22. The molecule has 0 bridgehead atoms. The number of nitrogens with zero attached hydrogens (tertiary/aromatic N) is 2. The van der Waals surface area contributed by atoms with Crippen LogP contribution in [0.3, 0.4) is 0 Å². The second kappa shape index (κ2) is 7.84. The van der Waals surface area contributed by atoms with Crippen LogP contribution in [0.2, 0.25) is 0 Å². The highest BCUT2D eigenvalue weighted by Crippen LogP contribution is 2.20. The van der Waals surface area contributed by atoms with Gasteiger partial charge < -0.3 is 9.47 Å². The van der Waals surface area contributed by atoms with Crippen molar-refractivity contribution in [2.45, 2.75) is 19.9 Å². The number of aromatic nitrogens is 1. The second-order valence-corrected chi connectivity index (χ2v) is 6.28. The number of carbonyl (C=O) groups excluding carboxylic acids is 1. The molecule has 25 heavy (non-hydrogen) atoms. The van der Waals surface area contributed by atoms with Crippen LogP contribution in [0.4, 0.5) is 0 Å². The second-order valence-electron chi connectivity index (χ2n) is 6.28. The summed E-state index contributed by atoms with van der Waals surface area (Å²) >= 11 is 0. The molecule has 3 aromatic rings. The molecule has 0 aliphatic carbocycles. The van der Waals surface area contributed by atoms with E-state index >= 15 is 0 Å². The van der Waals surface area contributed by atoms with Gasteiger partial charge in [0.05, 0.1) is 6.54 Å². The van der Waals surface area contributed by atoms with Gasteiger partial charge in [0.25, 0.3) is 5.91 Å². The zero-order valence-electron chi connectivity index (χ0n) is 14.9. The molecule has 0 aliphatic heterocycles. The minimum atomic E-state index is 0.0858. The van der Waals surface area contributed by atoms with Gasteiger partial charge in [0, 0.05) is 31.0 Å². The van der Waals surface area contributed by atoms with Crippen LogP contribution < -0.4 is 0 Å². The summed E-state index contributed by atoms with van der Waals surface area (Å²) in [6.45, 7) is 3.49. The topological polar surface area (TPSA) is 25.2 Å². The molecule has 3 heteroatoms. The van der Waals surface area contributed by atoms with Gasteiger partial charge in [-0.25, -0.2) is 0 Å². The van der Waals surface area contributed by atoms with E-state index in [2.05, 4.69) is 29.7 Å². The van der Waals surface area contributed by atoms with Crippen LogP contribution in [-0.2, 0) is 13.6 Å². The standard InChI is InChI=1S/C22H24N2O/c1-3-15-24(17-21-10-7-16-23(21)2)22(25)20-13-11-19(12-14-20)18-8-5-4-6-9-18/h4-14,16H,3,15,17H2,1-2H3. The molecule has 0 saturated carbocycles. The molecule has 1 heterocycles. The smallest absolute Gasteiger partial charge is 0.254 e. The van der Waals surface area contributed by atoms with Crippen LogP contribution in [0.15, 0.2) is 72.9 Å². The van der Waals surface area contributed by atoms with Gasteiger partial charge in [0.1, 0.15) is 0 Å². The third-order valence-electron chi connectivity index (χ3n) is 4.42. The monoisotopic (exact) mass is 332 g/mol. The number of rotatable bonds is 6. The van der Waals surface area contributed by atoms with Crippen molar-refractivity contribution in [2.75, 3.05) is 6.54 Å². The average Bonchev–Trinajstić information content (AvgIpc) is 3.06. The number of aryl methyl sites for hydroxylation is 1. The Morgan fingerprint density at radius 3 is 2.20 bits per heavy atom. The molecular weight excluding hydrogens is 308 g/mol. The lowest BCUT2D eigenvalue weighted by molar-refractivity contribution is 0.0740. The Labute approximate surface area is 149 Å². The van der Waals surface area contributed by atoms with Crippen LogP contribution in [0.1, 0.15) is 29.4 Å². The summed E-state index contributed by atoms with van der Waals surface area (Å²) < 4.78 is 2.06. The summed E-state index contributed by atoms with van der Waals surface area (Å²) in [5.74, 6) is 0.0858. The average molecular weight is 332 g/mol. The molecule has 3 rings (SSSR count). The van der Waals surface area contributed by atoms with E-state index < -0.39 is 0 Å². The first-order valence-corrected chi connectivity index (χ1v) is 8.74. The van der Waals surface area contributed by atoms with Crippen molar-refractivity contribution >= 4 is 5.91 Å². The number of amides is 1. The Morgan fingerprint density at radius 2 is 1.60 bits per heavy atom. The molecule has 0 saturated heterocycles. The summed E-state index contributed by atoms with van der Waals surface area (Å²) in [6.07, 6.45) is 2.96. The van der Waals surface area contributed by atoms with E-state index in [0.29, 0.717) is 6.54 Å². The zero-order chi connectivity index (χ0) is 17.6. The molecule has 0 N–H and O–H groups in total. The van der Waals surface area contributed by atoms with E-state index in [1.54, 1.807) is 0 Å². The highest BCUT2D eigenvalue weighted by Gasteiger charge is 2.16. The fraction of sp³-hybridized carbons (Fsp3) is 0.227. The van der Waals surface area contributed by atoms with Crippen LogP contribution in [0.25, 0.3) is 11.1 Å². The van der Waals surface area contributed by atoms with Crippen molar-refractivity contribution in [1.82, 2.24) is 9.47 Å². The van der Waals surface area contributed by atoms with Crippen molar-refractivity contribution < 1.29 is 4.79 Å². The third-order valence-corrected chi connectivity index (χ3v) is 4.42. The lowest BCUT2D eigenvalue weighted by atomic mass is 10.0. The van der Waals surface area contributed by atoms with Gasteiger partial charge in [-0.05, 0) is 41.8 Å². The highest BCUT2D eigenvalue weighted by atomic mass is 16.2. The van der Waals surface area contributed by atoms with Crippen molar-refractivity contribution in [3.05, 3.63) is 84.2 Å². The summed E-state index contributed by atoms with van der Waals surface area (Å²) in [5.41, 5.74) is 4.17. The molecule has 1 amide bonds. The maximum atomic E-state index is 12.9. The molecule has 0 atom stereocenters. The van der Waals surface area contributed by atoms with E-state index in [9.17, 15) is 4.79 Å². The molecule has 0 aliphatic rings. The molecule has 128 valence electrons. The SMILES string of the molecule is CCCN(Cc1cccn1C)C(=O)c1ccc(-c2ccccc2)cc1. The van der Waals surface area contributed by atoms with E-state index in [1.807, 2.05) is 66.7 Å². The van der Waals surface area contributed by atoms with Crippen molar-refractivity contribution in [3.63, 3.8) is 0 Å². The van der Waals surface area contributed by atoms with Gasteiger partial charge >= 0.3 is 0 Å². The number of hydrogen-bond acceptors (Lipinski definition) is 1. The minimum Gasteiger partial charge on any atom is -0.353 e. The third kappa shape index (κ3) is 4.00. The van der Waals surface area contributed by atoms with Gasteiger partial charge in [-0.1, -0.05) is 49.4 Å². The van der Waals surface area contributed by atoms with E-state index in [1.165, 1.54) is 0 Å². The Kier molecular flexibility index (Phi) is 5.34. The first-order valence-electron chi connectivity index (χ1n) is 8.74. The van der Waals surface area contributed by atoms with E-state index in [-0.39, 0.29) is 5.91 Å². The zero-order valence-corrected chi connectivity index (χ0v) is 14.9. The summed E-state index contributed by atoms with van der Waals surface area (Å²) in [4.78, 5) is 14.9. The first-order chi connectivity index (χ1) is 12.2. The number of benzene rings is 2. The Morgan fingerprint density at radius 1 is 0.920 bits per heavy atom. The first kappa shape index (κ1) is 17.0. The minimum absolute atomic E-state index is 0.0858. The Balaban J connectivity index is 1.78. The van der Waals surface area contributed by atoms with Crippen molar-refractivity contribution in [1.29, 1.82) is 0 Å². The van der Waals surface area contributed by atoms with Gasteiger partial charge in [-0.2, -0.15) is 0 Å². The Bertz CT molecular complexity index is 819. The molecule has 0 spiro atoms. The highest BCUT2D eigenvalue weighted by molar-refractivity contribution is 5.94. The van der Waals surface area contributed by atoms with Crippen LogP contribution >= 0.6 is 0 Å². The van der Waals surface area contributed by atoms with Gasteiger partial charge in [-0.3, -0.25) is 4.79 Å².